The van der Waals surface area contributed by atoms with E-state index in [1.807, 2.05) is 11.0 Å². The molecule has 0 spiro atoms. The SMILES string of the molecule is O=C(CC1CCOCC1)N1CCOC[C@@H](Cc2ccc3ccoc3c2)C1. The van der Waals surface area contributed by atoms with Crippen LogP contribution in [0.25, 0.3) is 11.0 Å². The van der Waals surface area contributed by atoms with E-state index in [0.29, 0.717) is 38.0 Å². The Kier molecular flexibility index (Phi) is 5.56. The second kappa shape index (κ2) is 8.23. The second-order valence-electron chi connectivity index (χ2n) is 7.54. The number of rotatable bonds is 4. The summed E-state index contributed by atoms with van der Waals surface area (Å²) >= 11 is 0. The molecule has 2 fully saturated rings. The Balaban J connectivity index is 1.37. The van der Waals surface area contributed by atoms with Gasteiger partial charge in [-0.1, -0.05) is 12.1 Å². The Hall–Kier alpha value is -1.85. The van der Waals surface area contributed by atoms with Gasteiger partial charge in [0.2, 0.25) is 5.91 Å². The fourth-order valence-corrected chi connectivity index (χ4v) is 4.02. The van der Waals surface area contributed by atoms with Crippen LogP contribution in [-0.4, -0.2) is 50.3 Å². The van der Waals surface area contributed by atoms with Crippen molar-refractivity contribution in [1.82, 2.24) is 4.90 Å². The van der Waals surface area contributed by atoms with Gasteiger partial charge in [0.25, 0.3) is 0 Å². The molecule has 0 N–H and O–H groups in total. The number of fused-ring (bicyclic) bond motifs is 1. The summed E-state index contributed by atoms with van der Waals surface area (Å²) in [4.78, 5) is 14.8. The lowest BCUT2D eigenvalue weighted by Gasteiger charge is -2.27. The number of furan rings is 1. The average Bonchev–Trinajstić information content (AvgIpc) is 3.00. The van der Waals surface area contributed by atoms with E-state index in [9.17, 15) is 4.79 Å². The molecule has 4 rings (SSSR count). The Morgan fingerprint density at radius 2 is 1.96 bits per heavy atom. The van der Waals surface area contributed by atoms with Crippen molar-refractivity contribution in [1.29, 1.82) is 0 Å². The van der Waals surface area contributed by atoms with Gasteiger partial charge < -0.3 is 18.8 Å². The van der Waals surface area contributed by atoms with Gasteiger partial charge in [0.15, 0.2) is 0 Å². The van der Waals surface area contributed by atoms with Crippen LogP contribution in [-0.2, 0) is 20.7 Å². The standard InChI is InChI=1S/C21H27NO4/c23-21(13-16-3-7-24-8-4-16)22-6-10-25-15-18(14-22)11-17-1-2-19-5-9-26-20(19)12-17/h1-2,5,9,12,16,18H,3-4,6-8,10-11,13-15H2/t18-/m0/s1. The van der Waals surface area contributed by atoms with Gasteiger partial charge in [-0.15, -0.1) is 0 Å². The number of nitrogens with zero attached hydrogens (tertiary/aromatic N) is 1. The number of hydrogen-bond donors (Lipinski definition) is 0. The van der Waals surface area contributed by atoms with Crippen molar-refractivity contribution in [3.8, 4) is 0 Å². The molecule has 2 aliphatic rings. The predicted molar refractivity (Wildman–Crippen MR) is 99.0 cm³/mol. The van der Waals surface area contributed by atoms with Gasteiger partial charge in [-0.2, -0.15) is 0 Å². The van der Waals surface area contributed by atoms with Gasteiger partial charge in [0, 0.05) is 44.0 Å². The average molecular weight is 357 g/mol. The molecule has 5 nitrogen and oxygen atoms in total. The van der Waals surface area contributed by atoms with Gasteiger partial charge in [-0.05, 0) is 42.9 Å². The van der Waals surface area contributed by atoms with Crippen molar-refractivity contribution in [2.24, 2.45) is 11.8 Å². The van der Waals surface area contributed by atoms with E-state index in [-0.39, 0.29) is 5.91 Å². The summed E-state index contributed by atoms with van der Waals surface area (Å²) in [5.41, 5.74) is 2.16. The van der Waals surface area contributed by atoms with Crippen LogP contribution in [0.15, 0.2) is 34.9 Å². The molecule has 2 aromatic rings. The Morgan fingerprint density at radius 3 is 2.85 bits per heavy atom. The molecule has 2 saturated heterocycles. The summed E-state index contributed by atoms with van der Waals surface area (Å²) in [6.45, 7) is 4.40. The van der Waals surface area contributed by atoms with E-state index in [2.05, 4.69) is 18.2 Å². The Bertz CT molecular complexity index is 734. The Labute approximate surface area is 154 Å². The molecule has 0 aliphatic carbocycles. The molecule has 1 amide bonds. The van der Waals surface area contributed by atoms with Gasteiger partial charge in [0.1, 0.15) is 5.58 Å². The molecule has 3 heterocycles. The Morgan fingerprint density at radius 1 is 1.08 bits per heavy atom. The molecule has 140 valence electrons. The normalized spacial score (nSPS) is 22.5. The summed E-state index contributed by atoms with van der Waals surface area (Å²) in [7, 11) is 0. The van der Waals surface area contributed by atoms with E-state index < -0.39 is 0 Å². The first-order chi connectivity index (χ1) is 12.8. The van der Waals surface area contributed by atoms with Crippen molar-refractivity contribution in [2.45, 2.75) is 25.7 Å². The third-order valence-electron chi connectivity index (χ3n) is 5.54. The zero-order valence-electron chi connectivity index (χ0n) is 15.2. The maximum atomic E-state index is 12.8. The van der Waals surface area contributed by atoms with Crippen LogP contribution in [0, 0.1) is 11.8 Å². The summed E-state index contributed by atoms with van der Waals surface area (Å²) in [5, 5.41) is 1.12. The molecule has 1 aromatic carbocycles. The zero-order chi connectivity index (χ0) is 17.8. The molecule has 1 aromatic heterocycles. The summed E-state index contributed by atoms with van der Waals surface area (Å²) < 4.78 is 16.7. The second-order valence-corrected chi connectivity index (χ2v) is 7.54. The maximum Gasteiger partial charge on any atom is 0.222 e. The van der Waals surface area contributed by atoms with Crippen molar-refractivity contribution >= 4 is 16.9 Å². The largest absolute Gasteiger partial charge is 0.464 e. The fourth-order valence-electron chi connectivity index (χ4n) is 4.02. The molecular weight excluding hydrogens is 330 g/mol. The maximum absolute atomic E-state index is 12.8. The first-order valence-corrected chi connectivity index (χ1v) is 9.67. The van der Waals surface area contributed by atoms with Crippen LogP contribution in [0.5, 0.6) is 0 Å². The zero-order valence-corrected chi connectivity index (χ0v) is 15.2. The highest BCUT2D eigenvalue weighted by atomic mass is 16.5. The smallest absolute Gasteiger partial charge is 0.222 e. The highest BCUT2D eigenvalue weighted by Crippen LogP contribution is 2.23. The number of benzene rings is 1. The lowest BCUT2D eigenvalue weighted by atomic mass is 9.95. The number of hydrogen-bond acceptors (Lipinski definition) is 4. The monoisotopic (exact) mass is 357 g/mol. The third kappa shape index (κ3) is 4.27. The molecule has 2 aliphatic heterocycles. The lowest BCUT2D eigenvalue weighted by Crippen LogP contribution is -2.37. The summed E-state index contributed by atoms with van der Waals surface area (Å²) in [6, 6.07) is 8.33. The molecule has 1 atom stereocenters. The molecule has 0 unspecified atom stereocenters. The van der Waals surface area contributed by atoms with Crippen molar-refractivity contribution < 1.29 is 18.7 Å². The highest BCUT2D eigenvalue weighted by molar-refractivity contribution is 5.77. The van der Waals surface area contributed by atoms with Gasteiger partial charge >= 0.3 is 0 Å². The highest BCUT2D eigenvalue weighted by Gasteiger charge is 2.25. The van der Waals surface area contributed by atoms with E-state index in [1.165, 1.54) is 5.56 Å². The lowest BCUT2D eigenvalue weighted by molar-refractivity contribution is -0.133. The van der Waals surface area contributed by atoms with Crippen LogP contribution >= 0.6 is 0 Å². The van der Waals surface area contributed by atoms with E-state index in [4.69, 9.17) is 13.9 Å². The van der Waals surface area contributed by atoms with Gasteiger partial charge in [0.05, 0.1) is 19.5 Å². The van der Waals surface area contributed by atoms with Crippen molar-refractivity contribution in [2.75, 3.05) is 39.5 Å². The first kappa shape index (κ1) is 17.6. The van der Waals surface area contributed by atoms with Crippen LogP contribution in [0.3, 0.4) is 0 Å². The van der Waals surface area contributed by atoms with Crippen molar-refractivity contribution in [3.05, 3.63) is 36.1 Å². The van der Waals surface area contributed by atoms with Crippen LogP contribution in [0.4, 0.5) is 0 Å². The van der Waals surface area contributed by atoms with Crippen LogP contribution in [0.2, 0.25) is 0 Å². The minimum atomic E-state index is 0.272. The molecular formula is C21H27NO4. The van der Waals surface area contributed by atoms with Crippen molar-refractivity contribution in [3.63, 3.8) is 0 Å². The van der Waals surface area contributed by atoms with E-state index in [1.54, 1.807) is 6.26 Å². The topological polar surface area (TPSA) is 51.9 Å². The number of ether oxygens (including phenoxy) is 2. The first-order valence-electron chi connectivity index (χ1n) is 9.67. The van der Waals surface area contributed by atoms with Gasteiger partial charge in [-0.25, -0.2) is 0 Å². The third-order valence-corrected chi connectivity index (χ3v) is 5.54. The number of carbonyl (C=O) groups excluding carboxylic acids is 1. The fraction of sp³-hybridized carbons (Fsp3) is 0.571. The van der Waals surface area contributed by atoms with Crippen LogP contribution < -0.4 is 0 Å². The molecule has 5 heteroatoms. The minimum Gasteiger partial charge on any atom is -0.464 e. The molecule has 0 saturated carbocycles. The quantitative estimate of drug-likeness (QED) is 0.843. The predicted octanol–water partition coefficient (Wildman–Crippen LogP) is 3.27. The number of carbonyl (C=O) groups is 1. The summed E-state index contributed by atoms with van der Waals surface area (Å²) in [6.07, 6.45) is 5.28. The van der Waals surface area contributed by atoms with E-state index >= 15 is 0 Å². The van der Waals surface area contributed by atoms with Crippen LogP contribution in [0.1, 0.15) is 24.8 Å². The summed E-state index contributed by atoms with van der Waals surface area (Å²) in [5.74, 6) is 1.07. The molecule has 0 bridgehead atoms. The van der Waals surface area contributed by atoms with Gasteiger partial charge in [-0.3, -0.25) is 4.79 Å². The molecule has 26 heavy (non-hydrogen) atoms. The minimum absolute atomic E-state index is 0.272. The van der Waals surface area contributed by atoms with E-state index in [0.717, 1.165) is 50.0 Å². The molecule has 0 radical (unpaired) electrons. The number of amides is 1.